The summed E-state index contributed by atoms with van der Waals surface area (Å²) in [5.74, 6) is -1.38. The van der Waals surface area contributed by atoms with Crippen LogP contribution >= 0.6 is 0 Å². The highest BCUT2D eigenvalue weighted by Gasteiger charge is 2.48. The van der Waals surface area contributed by atoms with Crippen LogP contribution in [0, 0.1) is 0 Å². The number of carbonyl (C=O) groups excluding carboxylic acids is 3. The average Bonchev–Trinajstić information content (AvgIpc) is 3.18. The molecule has 2 fully saturated rings. The van der Waals surface area contributed by atoms with E-state index >= 15 is 0 Å². The SMILES string of the molecule is O=C1CCC(N2Cc3c(ccc(C4(O)CCN(Cc5ccc(C(F)(F)F)cc5)CC4)[n+]3O)C2=O)C(=O)N1. The van der Waals surface area contributed by atoms with Gasteiger partial charge in [-0.1, -0.05) is 12.1 Å². The van der Waals surface area contributed by atoms with E-state index in [0.717, 1.165) is 22.4 Å². The van der Waals surface area contributed by atoms with E-state index in [4.69, 9.17) is 0 Å². The molecule has 3 aliphatic heterocycles. The third kappa shape index (κ3) is 4.66. The number of aliphatic hydroxyl groups is 1. The number of benzene rings is 1. The topological polar surface area (TPSA) is 114 Å². The summed E-state index contributed by atoms with van der Waals surface area (Å²) >= 11 is 0. The molecule has 1 unspecified atom stereocenters. The second kappa shape index (κ2) is 9.10. The van der Waals surface area contributed by atoms with Crippen LogP contribution in [0.3, 0.4) is 0 Å². The molecule has 0 bridgehead atoms. The van der Waals surface area contributed by atoms with Gasteiger partial charge in [-0.2, -0.15) is 13.2 Å². The quantitative estimate of drug-likeness (QED) is 0.320. The number of hydrogen-bond acceptors (Lipinski definition) is 6. The van der Waals surface area contributed by atoms with E-state index in [2.05, 4.69) is 5.32 Å². The zero-order valence-corrected chi connectivity index (χ0v) is 19.8. The molecule has 5 rings (SSSR count). The molecule has 1 aromatic carbocycles. The number of nitrogens with zero attached hydrogens (tertiary/aromatic N) is 3. The Hall–Kier alpha value is -3.51. The first-order valence-electron chi connectivity index (χ1n) is 12.0. The first-order valence-corrected chi connectivity index (χ1v) is 12.0. The average molecular weight is 520 g/mol. The van der Waals surface area contributed by atoms with E-state index in [1.54, 1.807) is 0 Å². The minimum Gasteiger partial charge on any atom is -0.379 e. The molecule has 0 spiro atoms. The Morgan fingerprint density at radius 1 is 1.05 bits per heavy atom. The highest BCUT2D eigenvalue weighted by atomic mass is 19.4. The number of nitrogens with one attached hydrogen (secondary N) is 1. The Morgan fingerprint density at radius 2 is 1.73 bits per heavy atom. The third-order valence-corrected chi connectivity index (χ3v) is 7.45. The van der Waals surface area contributed by atoms with Gasteiger partial charge >= 0.3 is 6.18 Å². The number of aromatic nitrogens is 1. The van der Waals surface area contributed by atoms with Crippen molar-refractivity contribution in [3.8, 4) is 0 Å². The van der Waals surface area contributed by atoms with Gasteiger partial charge in [-0.05, 0) is 43.0 Å². The fourth-order valence-corrected chi connectivity index (χ4v) is 5.30. The van der Waals surface area contributed by atoms with Crippen molar-refractivity contribution in [2.45, 2.75) is 56.6 Å². The van der Waals surface area contributed by atoms with Gasteiger partial charge in [0.2, 0.25) is 11.8 Å². The summed E-state index contributed by atoms with van der Waals surface area (Å²) in [7, 11) is 0. The zero-order chi connectivity index (χ0) is 26.5. The maximum atomic E-state index is 12.9. The molecule has 1 atom stereocenters. The third-order valence-electron chi connectivity index (χ3n) is 7.45. The predicted molar refractivity (Wildman–Crippen MR) is 120 cm³/mol. The highest BCUT2D eigenvalue weighted by molar-refractivity contribution is 6.05. The first-order chi connectivity index (χ1) is 17.5. The van der Waals surface area contributed by atoms with Gasteiger partial charge in [0.15, 0.2) is 5.60 Å². The summed E-state index contributed by atoms with van der Waals surface area (Å²) in [6.07, 6.45) is -3.56. The van der Waals surface area contributed by atoms with Gasteiger partial charge < -0.3 is 10.0 Å². The molecule has 0 aliphatic carbocycles. The molecule has 3 aliphatic rings. The molecular formula is C25H26F3N4O5+. The fraction of sp³-hybridized carbons (Fsp3) is 0.440. The van der Waals surface area contributed by atoms with Gasteiger partial charge in [0, 0.05) is 36.9 Å². The van der Waals surface area contributed by atoms with Crippen LogP contribution in [-0.4, -0.2) is 57.0 Å². The minimum atomic E-state index is -4.39. The van der Waals surface area contributed by atoms with Crippen LogP contribution in [0.4, 0.5) is 13.2 Å². The summed E-state index contributed by atoms with van der Waals surface area (Å²) in [6.45, 7) is 1.26. The van der Waals surface area contributed by atoms with Crippen molar-refractivity contribution in [3.05, 3.63) is 64.5 Å². The molecular weight excluding hydrogens is 493 g/mol. The number of halogens is 3. The molecule has 0 saturated carbocycles. The lowest BCUT2D eigenvalue weighted by Gasteiger charge is -2.36. The van der Waals surface area contributed by atoms with Crippen molar-refractivity contribution < 1.29 is 42.6 Å². The van der Waals surface area contributed by atoms with Crippen molar-refractivity contribution in [1.29, 1.82) is 0 Å². The van der Waals surface area contributed by atoms with Crippen LogP contribution in [0.2, 0.25) is 0 Å². The largest absolute Gasteiger partial charge is 0.416 e. The van der Waals surface area contributed by atoms with E-state index in [-0.39, 0.29) is 49.2 Å². The van der Waals surface area contributed by atoms with Gasteiger partial charge in [0.1, 0.15) is 18.2 Å². The summed E-state index contributed by atoms with van der Waals surface area (Å²) in [5.41, 5.74) is -0.667. The molecule has 3 N–H and O–H groups in total. The number of imide groups is 1. The summed E-state index contributed by atoms with van der Waals surface area (Å²) < 4.78 is 39.2. The lowest BCUT2D eigenvalue weighted by atomic mass is 9.87. The zero-order valence-electron chi connectivity index (χ0n) is 19.8. The van der Waals surface area contributed by atoms with Gasteiger partial charge in [-0.15, -0.1) is 0 Å². The number of hydrogen-bond donors (Lipinski definition) is 3. The molecule has 2 saturated heterocycles. The summed E-state index contributed by atoms with van der Waals surface area (Å²) in [4.78, 5) is 40.0. The van der Waals surface area contributed by atoms with Crippen LogP contribution in [0.25, 0.3) is 0 Å². The van der Waals surface area contributed by atoms with Crippen molar-refractivity contribution in [2.24, 2.45) is 0 Å². The molecule has 2 aromatic rings. The number of rotatable bonds is 4. The second-order valence-corrected chi connectivity index (χ2v) is 9.79. The maximum absolute atomic E-state index is 12.9. The van der Waals surface area contributed by atoms with Crippen LogP contribution in [0.15, 0.2) is 36.4 Å². The lowest BCUT2D eigenvalue weighted by molar-refractivity contribution is -0.918. The molecule has 196 valence electrons. The van der Waals surface area contributed by atoms with Crippen molar-refractivity contribution in [2.75, 3.05) is 13.1 Å². The molecule has 0 radical (unpaired) electrons. The van der Waals surface area contributed by atoms with Gasteiger partial charge in [0.25, 0.3) is 17.3 Å². The Morgan fingerprint density at radius 3 is 2.35 bits per heavy atom. The number of piperidine rings is 2. The number of likely N-dealkylation sites (tertiary alicyclic amines) is 1. The number of amides is 3. The van der Waals surface area contributed by atoms with Crippen LogP contribution in [-0.2, 0) is 34.5 Å². The molecule has 9 nitrogen and oxygen atoms in total. The molecule has 37 heavy (non-hydrogen) atoms. The Bertz CT molecular complexity index is 1260. The maximum Gasteiger partial charge on any atom is 0.416 e. The Kier molecular flexibility index (Phi) is 6.19. The summed E-state index contributed by atoms with van der Waals surface area (Å²) in [5, 5.41) is 24.6. The van der Waals surface area contributed by atoms with Crippen LogP contribution in [0.5, 0.6) is 0 Å². The normalized spacial score (nSPS) is 22.2. The predicted octanol–water partition coefficient (Wildman–Crippen LogP) is 1.47. The van der Waals surface area contributed by atoms with Gasteiger partial charge in [0.05, 0.1) is 5.56 Å². The summed E-state index contributed by atoms with van der Waals surface area (Å²) in [6, 6.07) is 7.18. The number of fused-ring (bicyclic) bond motifs is 1. The van der Waals surface area contributed by atoms with Crippen LogP contribution < -0.4 is 10.0 Å². The highest BCUT2D eigenvalue weighted by Crippen LogP contribution is 2.34. The second-order valence-electron chi connectivity index (χ2n) is 9.79. The molecule has 3 amide bonds. The minimum absolute atomic E-state index is 0.0408. The van der Waals surface area contributed by atoms with Crippen molar-refractivity contribution in [3.63, 3.8) is 0 Å². The van der Waals surface area contributed by atoms with E-state index in [1.165, 1.54) is 29.2 Å². The first kappa shape index (κ1) is 25.2. The number of carbonyl (C=O) groups is 3. The van der Waals surface area contributed by atoms with E-state index in [9.17, 15) is 37.9 Å². The van der Waals surface area contributed by atoms with E-state index in [0.29, 0.717) is 19.6 Å². The van der Waals surface area contributed by atoms with Gasteiger partial charge in [-0.3, -0.25) is 29.8 Å². The monoisotopic (exact) mass is 519 g/mol. The molecule has 12 heteroatoms. The van der Waals surface area contributed by atoms with Crippen molar-refractivity contribution in [1.82, 2.24) is 15.1 Å². The van der Waals surface area contributed by atoms with E-state index < -0.39 is 41.1 Å². The lowest BCUT2D eigenvalue weighted by Crippen LogP contribution is -2.53. The van der Waals surface area contributed by atoms with Gasteiger partial charge in [-0.25, -0.2) is 0 Å². The van der Waals surface area contributed by atoms with E-state index in [1.807, 2.05) is 4.90 Å². The number of pyridine rings is 1. The standard InChI is InChI=1S/C25H25F3N4O5/c26-25(27,28)16-3-1-15(2-4-16)13-30-11-9-24(36,10-12-30)20-7-5-17-19(32(20)37)14-31(23(17)35)18-6-8-21(33)29-22(18)34/h1-5,7,18,36H,6,8-14H2,(H-,29,33,34,37)/p+1. The molecule has 4 heterocycles. The Balaban J connectivity index is 1.27. The Labute approximate surface area is 210 Å². The molecule has 1 aromatic heterocycles. The van der Waals surface area contributed by atoms with Crippen LogP contribution in [0.1, 0.15) is 58.6 Å². The van der Waals surface area contributed by atoms with Crippen molar-refractivity contribution >= 4 is 17.7 Å². The fourth-order valence-electron chi connectivity index (χ4n) is 5.30. The smallest absolute Gasteiger partial charge is 0.379 e. The number of alkyl halides is 3.